The summed E-state index contributed by atoms with van der Waals surface area (Å²) in [6.45, 7) is 4.07. The van der Waals surface area contributed by atoms with Gasteiger partial charge in [-0.25, -0.2) is 9.82 Å². The Morgan fingerprint density at radius 3 is 2.21 bits per heavy atom. The summed E-state index contributed by atoms with van der Waals surface area (Å²) >= 11 is 3.15. The maximum Gasteiger partial charge on any atom is 0.137 e. The van der Waals surface area contributed by atoms with Crippen molar-refractivity contribution in [2.75, 3.05) is 0 Å². The molecule has 0 aliphatic rings. The molecule has 2 aromatic rings. The Labute approximate surface area is 120 Å². The lowest BCUT2D eigenvalue weighted by molar-refractivity contribution is 0.600. The Bertz CT molecular complexity index is 578. The molecule has 2 aromatic carbocycles. The topological polar surface area (TPSA) is 38.0 Å². The Morgan fingerprint density at radius 2 is 1.68 bits per heavy atom. The highest BCUT2D eigenvalue weighted by Gasteiger charge is 2.14. The molecule has 100 valence electrons. The molecule has 0 aliphatic carbocycles. The Morgan fingerprint density at radius 1 is 1.05 bits per heavy atom. The first kappa shape index (κ1) is 14.2. The van der Waals surface area contributed by atoms with Crippen LogP contribution in [0.15, 0.2) is 40.9 Å². The molecule has 0 aliphatic heterocycles. The lowest BCUT2D eigenvalue weighted by Crippen LogP contribution is -2.29. The van der Waals surface area contributed by atoms with Gasteiger partial charge in [0.25, 0.3) is 0 Å². The van der Waals surface area contributed by atoms with Crippen LogP contribution in [0.5, 0.6) is 0 Å². The first-order valence-electron chi connectivity index (χ1n) is 6.00. The van der Waals surface area contributed by atoms with E-state index in [2.05, 4.69) is 39.6 Å². The van der Waals surface area contributed by atoms with Crippen molar-refractivity contribution < 1.29 is 4.39 Å². The van der Waals surface area contributed by atoms with Gasteiger partial charge in [-0.05, 0) is 53.0 Å². The highest BCUT2D eigenvalue weighted by molar-refractivity contribution is 9.10. The molecule has 0 bridgehead atoms. The fourth-order valence-corrected chi connectivity index (χ4v) is 2.50. The Balaban J connectivity index is 2.46. The van der Waals surface area contributed by atoms with E-state index in [9.17, 15) is 4.39 Å². The number of benzene rings is 2. The molecular formula is C15H16BrFN2. The van der Waals surface area contributed by atoms with Crippen LogP contribution in [0.3, 0.4) is 0 Å². The summed E-state index contributed by atoms with van der Waals surface area (Å²) in [5, 5.41) is 0. The van der Waals surface area contributed by atoms with Crippen molar-refractivity contribution in [3.8, 4) is 0 Å². The van der Waals surface area contributed by atoms with Gasteiger partial charge in [0.05, 0.1) is 10.5 Å². The molecule has 4 heteroatoms. The highest BCUT2D eigenvalue weighted by Crippen LogP contribution is 2.26. The number of rotatable bonds is 3. The fourth-order valence-electron chi connectivity index (χ4n) is 2.25. The molecule has 1 atom stereocenters. The van der Waals surface area contributed by atoms with Crippen molar-refractivity contribution in [1.82, 2.24) is 5.43 Å². The van der Waals surface area contributed by atoms with Crippen molar-refractivity contribution in [1.29, 1.82) is 0 Å². The van der Waals surface area contributed by atoms with Gasteiger partial charge in [0.1, 0.15) is 5.82 Å². The lowest BCUT2D eigenvalue weighted by atomic mass is 9.96. The SMILES string of the molecule is Cc1cc(C)cc(C(NN)c2ccc(Br)c(F)c2)c1. The van der Waals surface area contributed by atoms with Crippen LogP contribution in [0.25, 0.3) is 0 Å². The van der Waals surface area contributed by atoms with Crippen molar-refractivity contribution in [2.45, 2.75) is 19.9 Å². The van der Waals surface area contributed by atoms with Gasteiger partial charge in [-0.15, -0.1) is 0 Å². The van der Waals surface area contributed by atoms with Crippen molar-refractivity contribution in [3.63, 3.8) is 0 Å². The van der Waals surface area contributed by atoms with E-state index in [-0.39, 0.29) is 11.9 Å². The third-order valence-electron chi connectivity index (χ3n) is 3.02. The minimum Gasteiger partial charge on any atom is -0.271 e. The summed E-state index contributed by atoms with van der Waals surface area (Å²) in [5.74, 6) is 5.35. The Kier molecular flexibility index (Phi) is 4.34. The van der Waals surface area contributed by atoms with Crippen LogP contribution in [-0.4, -0.2) is 0 Å². The van der Waals surface area contributed by atoms with Gasteiger partial charge >= 0.3 is 0 Å². The van der Waals surface area contributed by atoms with E-state index in [1.807, 2.05) is 19.9 Å². The second kappa shape index (κ2) is 5.82. The standard InChI is InChI=1S/C15H16BrFN2/c1-9-5-10(2)7-12(6-9)15(19-18)11-3-4-13(16)14(17)8-11/h3-8,15,19H,18H2,1-2H3. The average molecular weight is 323 g/mol. The number of aryl methyl sites for hydroxylation is 2. The van der Waals surface area contributed by atoms with Gasteiger partial charge in [-0.3, -0.25) is 5.84 Å². The van der Waals surface area contributed by atoms with Crippen LogP contribution < -0.4 is 11.3 Å². The second-order valence-electron chi connectivity index (χ2n) is 4.69. The minimum absolute atomic E-state index is 0.221. The van der Waals surface area contributed by atoms with Gasteiger partial charge in [0, 0.05) is 0 Å². The van der Waals surface area contributed by atoms with Crippen LogP contribution in [0.1, 0.15) is 28.3 Å². The molecule has 0 aromatic heterocycles. The molecule has 0 heterocycles. The summed E-state index contributed by atoms with van der Waals surface area (Å²) in [7, 11) is 0. The molecule has 19 heavy (non-hydrogen) atoms. The van der Waals surface area contributed by atoms with E-state index >= 15 is 0 Å². The quantitative estimate of drug-likeness (QED) is 0.667. The molecule has 0 radical (unpaired) electrons. The summed E-state index contributed by atoms with van der Waals surface area (Å²) in [6, 6.07) is 11.0. The number of hydrazine groups is 1. The van der Waals surface area contributed by atoms with Gasteiger partial charge in [-0.1, -0.05) is 35.4 Å². The molecule has 0 spiro atoms. The van der Waals surface area contributed by atoms with Crippen molar-refractivity contribution >= 4 is 15.9 Å². The zero-order valence-electron chi connectivity index (χ0n) is 10.9. The van der Waals surface area contributed by atoms with Crippen LogP contribution in [0.4, 0.5) is 4.39 Å². The largest absolute Gasteiger partial charge is 0.271 e. The lowest BCUT2D eigenvalue weighted by Gasteiger charge is -2.18. The molecule has 0 saturated heterocycles. The van der Waals surface area contributed by atoms with Crippen molar-refractivity contribution in [3.05, 3.63) is 68.9 Å². The first-order valence-corrected chi connectivity index (χ1v) is 6.80. The second-order valence-corrected chi connectivity index (χ2v) is 5.55. The maximum atomic E-state index is 13.6. The monoisotopic (exact) mass is 322 g/mol. The van der Waals surface area contributed by atoms with E-state index < -0.39 is 0 Å². The number of nitrogens with two attached hydrogens (primary N) is 1. The van der Waals surface area contributed by atoms with E-state index in [0.29, 0.717) is 4.47 Å². The van der Waals surface area contributed by atoms with E-state index in [1.54, 1.807) is 6.07 Å². The van der Waals surface area contributed by atoms with Gasteiger partial charge in [-0.2, -0.15) is 0 Å². The molecule has 2 nitrogen and oxygen atoms in total. The summed E-state index contributed by atoms with van der Waals surface area (Å²) in [5.41, 5.74) is 6.90. The van der Waals surface area contributed by atoms with Crippen LogP contribution >= 0.6 is 15.9 Å². The van der Waals surface area contributed by atoms with Crippen LogP contribution in [-0.2, 0) is 0 Å². The molecule has 0 saturated carbocycles. The number of halogens is 2. The number of hydrogen-bond acceptors (Lipinski definition) is 2. The molecule has 2 rings (SSSR count). The third-order valence-corrected chi connectivity index (χ3v) is 3.66. The number of nitrogens with one attached hydrogen (secondary N) is 1. The van der Waals surface area contributed by atoms with Gasteiger partial charge in [0.2, 0.25) is 0 Å². The summed E-state index contributed by atoms with van der Waals surface area (Å²) in [6.07, 6.45) is 0. The minimum atomic E-state index is -0.290. The van der Waals surface area contributed by atoms with Crippen molar-refractivity contribution in [2.24, 2.45) is 5.84 Å². The van der Waals surface area contributed by atoms with E-state index in [1.165, 1.54) is 6.07 Å². The molecule has 3 N–H and O–H groups in total. The average Bonchev–Trinajstić information content (AvgIpc) is 2.33. The zero-order valence-corrected chi connectivity index (χ0v) is 12.5. The molecule has 0 fully saturated rings. The van der Waals surface area contributed by atoms with Gasteiger partial charge < -0.3 is 0 Å². The highest BCUT2D eigenvalue weighted by atomic mass is 79.9. The normalized spacial score (nSPS) is 12.5. The van der Waals surface area contributed by atoms with Crippen LogP contribution in [0.2, 0.25) is 0 Å². The smallest absolute Gasteiger partial charge is 0.137 e. The molecule has 0 amide bonds. The van der Waals surface area contributed by atoms with E-state index in [0.717, 1.165) is 22.3 Å². The molecule has 1 unspecified atom stereocenters. The van der Waals surface area contributed by atoms with Crippen LogP contribution in [0, 0.1) is 19.7 Å². The Hall–Kier alpha value is -1.23. The first-order chi connectivity index (χ1) is 9.01. The maximum absolute atomic E-state index is 13.6. The zero-order chi connectivity index (χ0) is 14.0. The fraction of sp³-hybridized carbons (Fsp3) is 0.200. The van der Waals surface area contributed by atoms with E-state index in [4.69, 9.17) is 5.84 Å². The van der Waals surface area contributed by atoms with Gasteiger partial charge in [0.15, 0.2) is 0 Å². The number of hydrogen-bond donors (Lipinski definition) is 2. The molecular weight excluding hydrogens is 307 g/mol. The predicted molar refractivity (Wildman–Crippen MR) is 79.2 cm³/mol. The third kappa shape index (κ3) is 3.21. The summed E-state index contributed by atoms with van der Waals surface area (Å²) in [4.78, 5) is 0. The summed E-state index contributed by atoms with van der Waals surface area (Å²) < 4.78 is 14.1. The predicted octanol–water partition coefficient (Wildman–Crippen LogP) is 3.76.